The second-order valence-corrected chi connectivity index (χ2v) is 8.21. The van der Waals surface area contributed by atoms with Crippen LogP contribution in [0.2, 0.25) is 5.02 Å². The number of rotatable bonds is 3. The maximum Gasteiger partial charge on any atom is 0.321 e. The van der Waals surface area contributed by atoms with Crippen molar-refractivity contribution < 1.29 is 9.59 Å². The van der Waals surface area contributed by atoms with E-state index in [-0.39, 0.29) is 18.0 Å². The fourth-order valence-electron chi connectivity index (χ4n) is 3.63. The molecule has 1 aromatic carbocycles. The minimum atomic E-state index is -0.161. The molecule has 2 aliphatic rings. The first kappa shape index (κ1) is 20.9. The van der Waals surface area contributed by atoms with Crippen molar-refractivity contribution in [3.8, 4) is 0 Å². The van der Waals surface area contributed by atoms with Crippen LogP contribution >= 0.6 is 11.6 Å². The van der Waals surface area contributed by atoms with Crippen LogP contribution in [0.5, 0.6) is 0 Å². The largest absolute Gasteiger partial charge is 0.338 e. The molecule has 2 heterocycles. The van der Waals surface area contributed by atoms with Gasteiger partial charge in [0.25, 0.3) is 0 Å². The van der Waals surface area contributed by atoms with Gasteiger partial charge in [-0.25, -0.2) is 4.79 Å². The van der Waals surface area contributed by atoms with E-state index in [4.69, 9.17) is 11.6 Å². The monoisotopic (exact) mass is 407 g/mol. The Balaban J connectivity index is 1.50. The van der Waals surface area contributed by atoms with Gasteiger partial charge in [0, 0.05) is 62.6 Å². The number of nitrogens with one attached hydrogen (secondary N) is 2. The summed E-state index contributed by atoms with van der Waals surface area (Å²) in [5.41, 5.74) is 1.65. The number of hydrogen-bond acceptors (Lipinski definition) is 4. The summed E-state index contributed by atoms with van der Waals surface area (Å²) < 4.78 is 0. The SMILES string of the molecule is Cc1ccc(NC(=O)N2CCN(C(=O)[C@H]3CN(C(C)C)CCN3)CC2)cc1Cl. The molecular weight excluding hydrogens is 378 g/mol. The fourth-order valence-corrected chi connectivity index (χ4v) is 3.81. The van der Waals surface area contributed by atoms with Gasteiger partial charge in [-0.2, -0.15) is 0 Å². The van der Waals surface area contributed by atoms with Crippen LogP contribution in [0.1, 0.15) is 19.4 Å². The van der Waals surface area contributed by atoms with Gasteiger partial charge < -0.3 is 20.4 Å². The lowest BCUT2D eigenvalue weighted by atomic mass is 10.1. The van der Waals surface area contributed by atoms with Gasteiger partial charge in [-0.05, 0) is 38.5 Å². The van der Waals surface area contributed by atoms with Crippen molar-refractivity contribution in [1.29, 1.82) is 0 Å². The third-order valence-electron chi connectivity index (χ3n) is 5.54. The van der Waals surface area contributed by atoms with Crippen LogP contribution in [0.4, 0.5) is 10.5 Å². The molecule has 0 bridgehead atoms. The number of anilines is 1. The third-order valence-corrected chi connectivity index (χ3v) is 5.94. The Morgan fingerprint density at radius 1 is 1.14 bits per heavy atom. The van der Waals surface area contributed by atoms with Gasteiger partial charge in [-0.1, -0.05) is 17.7 Å². The number of carbonyl (C=O) groups is 2. The highest BCUT2D eigenvalue weighted by Crippen LogP contribution is 2.20. The standard InChI is InChI=1S/C20H30ClN5O2/c1-14(2)26-7-6-22-18(13-26)19(27)24-8-10-25(11-9-24)20(28)23-16-5-4-15(3)17(21)12-16/h4-5,12,14,18,22H,6-11,13H2,1-3H3,(H,23,28)/t18-/m1/s1. The Bertz CT molecular complexity index is 719. The summed E-state index contributed by atoms with van der Waals surface area (Å²) in [6.07, 6.45) is 0. The number of carbonyl (C=O) groups excluding carboxylic acids is 2. The predicted molar refractivity (Wildman–Crippen MR) is 112 cm³/mol. The van der Waals surface area contributed by atoms with Crippen LogP contribution in [-0.2, 0) is 4.79 Å². The molecule has 3 amide bonds. The Kier molecular flexibility index (Phi) is 6.80. The highest BCUT2D eigenvalue weighted by molar-refractivity contribution is 6.31. The summed E-state index contributed by atoms with van der Waals surface area (Å²) in [5, 5.41) is 6.85. The Labute approximate surface area is 172 Å². The molecular formula is C20H30ClN5O2. The second kappa shape index (κ2) is 9.11. The number of amides is 3. The zero-order valence-corrected chi connectivity index (χ0v) is 17.6. The van der Waals surface area contributed by atoms with Crippen molar-refractivity contribution in [2.45, 2.75) is 32.9 Å². The Morgan fingerprint density at radius 3 is 2.46 bits per heavy atom. The van der Waals surface area contributed by atoms with E-state index in [0.717, 1.165) is 25.2 Å². The van der Waals surface area contributed by atoms with Crippen LogP contribution in [0.15, 0.2) is 18.2 Å². The molecule has 7 nitrogen and oxygen atoms in total. The summed E-state index contributed by atoms with van der Waals surface area (Å²) in [6, 6.07) is 5.60. The number of nitrogens with zero attached hydrogens (tertiary/aromatic N) is 3. The average molecular weight is 408 g/mol. The molecule has 0 radical (unpaired) electrons. The van der Waals surface area contributed by atoms with Gasteiger partial charge in [0.2, 0.25) is 5.91 Å². The molecule has 0 saturated carbocycles. The van der Waals surface area contributed by atoms with Crippen LogP contribution in [0.3, 0.4) is 0 Å². The molecule has 0 unspecified atom stereocenters. The van der Waals surface area contributed by atoms with Crippen LogP contribution in [0, 0.1) is 6.92 Å². The first-order valence-electron chi connectivity index (χ1n) is 9.93. The average Bonchev–Trinajstić information content (AvgIpc) is 2.70. The molecule has 3 rings (SSSR count). The molecule has 1 aromatic rings. The highest BCUT2D eigenvalue weighted by atomic mass is 35.5. The Hall–Kier alpha value is -1.83. The minimum absolute atomic E-state index is 0.135. The summed E-state index contributed by atoms with van der Waals surface area (Å²) in [7, 11) is 0. The number of piperazine rings is 2. The minimum Gasteiger partial charge on any atom is -0.338 e. The summed E-state index contributed by atoms with van der Waals surface area (Å²) in [5.74, 6) is 0.135. The van der Waals surface area contributed by atoms with Gasteiger partial charge in [0.05, 0.1) is 6.04 Å². The lowest BCUT2D eigenvalue weighted by molar-refractivity contribution is -0.136. The molecule has 2 aliphatic heterocycles. The van der Waals surface area contributed by atoms with Crippen LogP contribution < -0.4 is 10.6 Å². The van der Waals surface area contributed by atoms with E-state index in [1.807, 2.05) is 24.0 Å². The summed E-state index contributed by atoms with van der Waals surface area (Å²) >= 11 is 6.12. The van der Waals surface area contributed by atoms with Crippen molar-refractivity contribution in [2.75, 3.05) is 51.1 Å². The predicted octanol–water partition coefficient (Wildman–Crippen LogP) is 2.01. The third kappa shape index (κ3) is 4.96. The molecule has 1 atom stereocenters. The maximum absolute atomic E-state index is 12.9. The lowest BCUT2D eigenvalue weighted by Crippen LogP contribution is -2.61. The van der Waals surface area contributed by atoms with E-state index >= 15 is 0 Å². The summed E-state index contributed by atoms with van der Waals surface area (Å²) in [6.45, 7) is 10.9. The van der Waals surface area contributed by atoms with E-state index in [9.17, 15) is 9.59 Å². The van der Waals surface area contributed by atoms with Crippen molar-refractivity contribution in [3.05, 3.63) is 28.8 Å². The van der Waals surface area contributed by atoms with Crippen molar-refractivity contribution >= 4 is 29.2 Å². The maximum atomic E-state index is 12.9. The molecule has 2 N–H and O–H groups in total. The second-order valence-electron chi connectivity index (χ2n) is 7.80. The normalized spacial score (nSPS) is 21.1. The van der Waals surface area contributed by atoms with E-state index in [0.29, 0.717) is 42.9 Å². The molecule has 28 heavy (non-hydrogen) atoms. The molecule has 2 fully saturated rings. The van der Waals surface area contributed by atoms with Crippen LogP contribution in [0.25, 0.3) is 0 Å². The zero-order valence-electron chi connectivity index (χ0n) is 16.9. The highest BCUT2D eigenvalue weighted by Gasteiger charge is 2.32. The van der Waals surface area contributed by atoms with E-state index in [2.05, 4.69) is 29.4 Å². The number of urea groups is 1. The lowest BCUT2D eigenvalue weighted by Gasteiger charge is -2.40. The van der Waals surface area contributed by atoms with Gasteiger partial charge in [-0.15, -0.1) is 0 Å². The van der Waals surface area contributed by atoms with Gasteiger partial charge in [0.1, 0.15) is 0 Å². The first-order valence-corrected chi connectivity index (χ1v) is 10.3. The molecule has 2 saturated heterocycles. The number of benzene rings is 1. The van der Waals surface area contributed by atoms with Crippen molar-refractivity contribution in [3.63, 3.8) is 0 Å². The molecule has 0 spiro atoms. The first-order chi connectivity index (χ1) is 13.3. The molecule has 154 valence electrons. The van der Waals surface area contributed by atoms with Crippen molar-refractivity contribution in [1.82, 2.24) is 20.0 Å². The molecule has 0 aromatic heterocycles. The van der Waals surface area contributed by atoms with Crippen LogP contribution in [-0.4, -0.2) is 84.5 Å². The zero-order chi connectivity index (χ0) is 20.3. The van der Waals surface area contributed by atoms with Gasteiger partial charge in [-0.3, -0.25) is 9.69 Å². The van der Waals surface area contributed by atoms with Gasteiger partial charge >= 0.3 is 6.03 Å². The van der Waals surface area contributed by atoms with E-state index in [1.165, 1.54) is 0 Å². The van der Waals surface area contributed by atoms with E-state index < -0.39 is 0 Å². The van der Waals surface area contributed by atoms with Gasteiger partial charge in [0.15, 0.2) is 0 Å². The quantitative estimate of drug-likeness (QED) is 0.804. The van der Waals surface area contributed by atoms with E-state index in [1.54, 1.807) is 11.0 Å². The topological polar surface area (TPSA) is 67.9 Å². The summed E-state index contributed by atoms with van der Waals surface area (Å²) in [4.78, 5) is 31.3. The number of hydrogen-bond donors (Lipinski definition) is 2. The molecule has 8 heteroatoms. The number of halogens is 1. The smallest absolute Gasteiger partial charge is 0.321 e. The molecule has 0 aliphatic carbocycles. The fraction of sp³-hybridized carbons (Fsp3) is 0.600. The number of aryl methyl sites for hydroxylation is 1. The Morgan fingerprint density at radius 2 is 1.82 bits per heavy atom. The van der Waals surface area contributed by atoms with Crippen molar-refractivity contribution in [2.24, 2.45) is 0 Å².